The number of nitrogens with zero attached hydrogens (tertiary/aromatic N) is 1. The predicted molar refractivity (Wildman–Crippen MR) is 127 cm³/mol. The highest BCUT2D eigenvalue weighted by Crippen LogP contribution is 2.47. The summed E-state index contributed by atoms with van der Waals surface area (Å²) in [4.78, 5) is 17.2. The number of fused-ring (bicyclic) bond motifs is 1. The van der Waals surface area contributed by atoms with Crippen molar-refractivity contribution in [3.8, 4) is 16.9 Å². The lowest BCUT2D eigenvalue weighted by atomic mass is 9.94. The van der Waals surface area contributed by atoms with E-state index in [1.807, 2.05) is 48.5 Å². The molecule has 0 atom stereocenters. The molecule has 8 nitrogen and oxygen atoms in total. The number of amides is 1. The molecule has 1 aromatic heterocycles. The molecule has 0 saturated carbocycles. The van der Waals surface area contributed by atoms with E-state index >= 15 is 0 Å². The van der Waals surface area contributed by atoms with Crippen molar-refractivity contribution in [1.82, 2.24) is 10.3 Å². The number of aromatic nitrogens is 1. The summed E-state index contributed by atoms with van der Waals surface area (Å²) < 4.78 is 31.8. The molecule has 0 spiro atoms. The van der Waals surface area contributed by atoms with Crippen LogP contribution in [0, 0.1) is 0 Å². The molecule has 3 aromatic rings. The Bertz CT molecular complexity index is 1110. The van der Waals surface area contributed by atoms with E-state index in [4.69, 9.17) is 18.3 Å². The maximum atomic E-state index is 12.7. The van der Waals surface area contributed by atoms with Gasteiger partial charge in [-0.3, -0.25) is 23.3 Å². The first-order valence-electron chi connectivity index (χ1n) is 10.6. The number of benzene rings is 2. The first-order valence-corrected chi connectivity index (χ1v) is 12.1. The minimum Gasteiger partial charge on any atom is -0.497 e. The van der Waals surface area contributed by atoms with Crippen LogP contribution in [-0.2, 0) is 29.4 Å². The summed E-state index contributed by atoms with van der Waals surface area (Å²) in [5, 5.41) is 3.86. The SMILES string of the molecule is COc1ccc2ncc(CC(=O)NCCCCOP(=O)(OC)OC)c(-c3ccccc3)c2c1. The Kier molecular flexibility index (Phi) is 8.97. The number of phosphoric ester groups is 1. The van der Waals surface area contributed by atoms with Crippen LogP contribution in [0.5, 0.6) is 5.75 Å². The maximum absolute atomic E-state index is 12.7. The quantitative estimate of drug-likeness (QED) is 0.300. The number of unbranched alkanes of at least 4 members (excludes halogenated alkanes) is 1. The topological polar surface area (TPSA) is 96.0 Å². The fourth-order valence-electron chi connectivity index (χ4n) is 3.47. The van der Waals surface area contributed by atoms with Crippen molar-refractivity contribution in [2.75, 3.05) is 34.5 Å². The van der Waals surface area contributed by atoms with Crippen LogP contribution in [0.3, 0.4) is 0 Å². The molecule has 0 saturated heterocycles. The number of phosphoric acid groups is 1. The molecule has 0 aliphatic heterocycles. The van der Waals surface area contributed by atoms with Gasteiger partial charge in [-0.15, -0.1) is 0 Å². The Balaban J connectivity index is 1.67. The molecular formula is C24H29N2O6P. The fourth-order valence-corrected chi connectivity index (χ4v) is 4.18. The van der Waals surface area contributed by atoms with Crippen LogP contribution < -0.4 is 10.1 Å². The number of hydrogen-bond acceptors (Lipinski definition) is 7. The summed E-state index contributed by atoms with van der Waals surface area (Å²) >= 11 is 0. The standard InChI is InChI=1S/C24H29N2O6P/c1-29-20-11-12-22-21(16-20)24(18-9-5-4-6-10-18)19(17-26-22)15-23(27)25-13-7-8-14-32-33(28,30-2)31-3/h4-6,9-12,16-17H,7-8,13-15H2,1-3H3,(H,25,27). The lowest BCUT2D eigenvalue weighted by molar-refractivity contribution is -0.120. The molecule has 9 heteroatoms. The number of pyridine rings is 1. The fraction of sp³-hybridized carbons (Fsp3) is 0.333. The lowest BCUT2D eigenvalue weighted by Gasteiger charge is -2.14. The van der Waals surface area contributed by atoms with Gasteiger partial charge in [-0.25, -0.2) is 4.57 Å². The van der Waals surface area contributed by atoms with E-state index in [0.717, 1.165) is 33.3 Å². The molecule has 0 unspecified atom stereocenters. The average Bonchev–Trinajstić information content (AvgIpc) is 2.85. The molecule has 1 amide bonds. The van der Waals surface area contributed by atoms with Gasteiger partial charge in [0.25, 0.3) is 0 Å². The highest BCUT2D eigenvalue weighted by molar-refractivity contribution is 7.48. The summed E-state index contributed by atoms with van der Waals surface area (Å²) in [6, 6.07) is 15.7. The number of carbonyl (C=O) groups is 1. The molecule has 176 valence electrons. The Morgan fingerprint density at radius 2 is 1.79 bits per heavy atom. The second-order valence-electron chi connectivity index (χ2n) is 7.29. The molecule has 2 aromatic carbocycles. The van der Waals surface area contributed by atoms with Crippen LogP contribution in [0.2, 0.25) is 0 Å². The first kappa shape index (κ1) is 24.9. The van der Waals surface area contributed by atoms with E-state index in [9.17, 15) is 9.36 Å². The van der Waals surface area contributed by atoms with Gasteiger partial charge < -0.3 is 10.1 Å². The Morgan fingerprint density at radius 3 is 2.48 bits per heavy atom. The molecule has 1 N–H and O–H groups in total. The van der Waals surface area contributed by atoms with Gasteiger partial charge in [-0.1, -0.05) is 30.3 Å². The van der Waals surface area contributed by atoms with Gasteiger partial charge in [-0.2, -0.15) is 0 Å². The Labute approximate surface area is 193 Å². The van der Waals surface area contributed by atoms with Gasteiger partial charge in [0, 0.05) is 32.3 Å². The minimum absolute atomic E-state index is 0.100. The smallest absolute Gasteiger partial charge is 0.474 e. The number of nitrogens with one attached hydrogen (secondary N) is 1. The monoisotopic (exact) mass is 472 g/mol. The lowest BCUT2D eigenvalue weighted by Crippen LogP contribution is -2.26. The van der Waals surface area contributed by atoms with Crippen LogP contribution in [0.25, 0.3) is 22.0 Å². The van der Waals surface area contributed by atoms with Crippen molar-refractivity contribution in [2.24, 2.45) is 0 Å². The third kappa shape index (κ3) is 6.62. The van der Waals surface area contributed by atoms with Gasteiger partial charge in [0.15, 0.2) is 0 Å². The highest BCUT2D eigenvalue weighted by atomic mass is 31.2. The van der Waals surface area contributed by atoms with Crippen molar-refractivity contribution in [3.63, 3.8) is 0 Å². The van der Waals surface area contributed by atoms with E-state index in [1.54, 1.807) is 13.3 Å². The first-order chi connectivity index (χ1) is 16.0. The van der Waals surface area contributed by atoms with E-state index in [0.29, 0.717) is 19.4 Å². The van der Waals surface area contributed by atoms with Crippen molar-refractivity contribution in [3.05, 3.63) is 60.3 Å². The second kappa shape index (κ2) is 11.9. The molecular weight excluding hydrogens is 443 g/mol. The van der Waals surface area contributed by atoms with Crippen molar-refractivity contribution in [1.29, 1.82) is 0 Å². The number of carbonyl (C=O) groups excluding carboxylic acids is 1. The van der Waals surface area contributed by atoms with Crippen molar-refractivity contribution < 1.29 is 27.7 Å². The summed E-state index contributed by atoms with van der Waals surface area (Å²) in [5.74, 6) is 0.633. The van der Waals surface area contributed by atoms with Gasteiger partial charge >= 0.3 is 7.82 Å². The summed E-state index contributed by atoms with van der Waals surface area (Å²) in [7, 11) is 0.708. The maximum Gasteiger partial charge on any atom is 0.474 e. The van der Waals surface area contributed by atoms with Crippen LogP contribution in [-0.4, -0.2) is 45.4 Å². The molecule has 0 aliphatic carbocycles. The van der Waals surface area contributed by atoms with Gasteiger partial charge in [0.2, 0.25) is 5.91 Å². The summed E-state index contributed by atoms with van der Waals surface area (Å²) in [5.41, 5.74) is 3.66. The van der Waals surface area contributed by atoms with Crippen LogP contribution >= 0.6 is 7.82 Å². The molecule has 0 fully saturated rings. The van der Waals surface area contributed by atoms with Crippen LogP contribution in [0.15, 0.2) is 54.7 Å². The van der Waals surface area contributed by atoms with E-state index in [-0.39, 0.29) is 18.9 Å². The molecule has 0 aliphatic rings. The number of hydrogen-bond donors (Lipinski definition) is 1. The van der Waals surface area contributed by atoms with Gasteiger partial charge in [-0.05, 0) is 47.7 Å². The largest absolute Gasteiger partial charge is 0.497 e. The number of methoxy groups -OCH3 is 1. The molecule has 1 heterocycles. The molecule has 3 rings (SSSR count). The zero-order valence-corrected chi connectivity index (χ0v) is 20.0. The highest BCUT2D eigenvalue weighted by Gasteiger charge is 2.21. The van der Waals surface area contributed by atoms with Gasteiger partial charge in [0.1, 0.15) is 5.75 Å². The second-order valence-corrected chi connectivity index (χ2v) is 9.17. The molecule has 33 heavy (non-hydrogen) atoms. The van der Waals surface area contributed by atoms with E-state index in [2.05, 4.69) is 10.3 Å². The molecule has 0 radical (unpaired) electrons. The Morgan fingerprint density at radius 1 is 1.03 bits per heavy atom. The van der Waals surface area contributed by atoms with E-state index in [1.165, 1.54) is 14.2 Å². The predicted octanol–water partition coefficient (Wildman–Crippen LogP) is 4.77. The average molecular weight is 472 g/mol. The van der Waals surface area contributed by atoms with Crippen molar-refractivity contribution >= 4 is 24.6 Å². The van der Waals surface area contributed by atoms with E-state index < -0.39 is 7.82 Å². The zero-order valence-electron chi connectivity index (χ0n) is 19.1. The number of ether oxygens (including phenoxy) is 1. The van der Waals surface area contributed by atoms with Crippen LogP contribution in [0.1, 0.15) is 18.4 Å². The summed E-state index contributed by atoms with van der Waals surface area (Å²) in [6.45, 7) is 0.686. The summed E-state index contributed by atoms with van der Waals surface area (Å²) in [6.07, 6.45) is 3.22. The van der Waals surface area contributed by atoms with Gasteiger partial charge in [0.05, 0.1) is 25.7 Å². The normalized spacial score (nSPS) is 11.5. The third-order valence-electron chi connectivity index (χ3n) is 5.16. The van der Waals surface area contributed by atoms with Crippen molar-refractivity contribution in [2.45, 2.75) is 19.3 Å². The number of rotatable bonds is 12. The van der Waals surface area contributed by atoms with Crippen LogP contribution in [0.4, 0.5) is 0 Å². The molecule has 0 bridgehead atoms. The minimum atomic E-state index is -3.46. The zero-order chi connectivity index (χ0) is 23.7. The third-order valence-corrected chi connectivity index (χ3v) is 6.55. The Hall–Kier alpha value is -2.77.